The molecule has 130 valence electrons. The van der Waals surface area contributed by atoms with E-state index in [1.165, 1.54) is 6.07 Å². The molecular formula is C14H12F3NO4S2. The maximum absolute atomic E-state index is 12.3. The first-order valence-corrected chi connectivity index (χ1v) is 9.35. The largest absolute Gasteiger partial charge is 0.512 e. The zero-order valence-electron chi connectivity index (χ0n) is 12.3. The van der Waals surface area contributed by atoms with Crippen LogP contribution < -0.4 is 4.13 Å². The summed E-state index contributed by atoms with van der Waals surface area (Å²) in [6.07, 6.45) is 0. The predicted octanol–water partition coefficient (Wildman–Crippen LogP) is 3.00. The van der Waals surface area contributed by atoms with Crippen LogP contribution in [0.3, 0.4) is 0 Å². The molecular weight excluding hydrogens is 367 g/mol. The van der Waals surface area contributed by atoms with E-state index < -0.39 is 30.5 Å². The number of hydrogen-bond donors (Lipinski definition) is 1. The quantitative estimate of drug-likeness (QED) is 0.886. The second-order valence-electron chi connectivity index (χ2n) is 5.04. The van der Waals surface area contributed by atoms with Crippen LogP contribution in [0.25, 0.3) is 16.3 Å². The molecule has 2 rings (SSSR count). The molecule has 1 N–H and O–H groups in total. The second-order valence-corrected chi connectivity index (χ2v) is 8.65. The molecule has 2 aromatic rings. The highest BCUT2D eigenvalue weighted by Gasteiger charge is 2.48. The summed E-state index contributed by atoms with van der Waals surface area (Å²) in [6, 6.07) is 8.45. The van der Waals surface area contributed by atoms with E-state index in [4.69, 9.17) is 0 Å². The molecule has 5 nitrogen and oxygen atoms in total. The Morgan fingerprint density at radius 1 is 1.00 bits per heavy atom. The van der Waals surface area contributed by atoms with E-state index >= 15 is 0 Å². The minimum atomic E-state index is -6.02. The van der Waals surface area contributed by atoms with Gasteiger partial charge < -0.3 is 0 Å². The molecule has 0 aliphatic rings. The highest BCUT2D eigenvalue weighted by atomic mass is 32.3. The van der Waals surface area contributed by atoms with Crippen molar-refractivity contribution in [3.63, 3.8) is 0 Å². The number of rotatable bonds is 4. The Morgan fingerprint density at radius 3 is 2.08 bits per heavy atom. The molecule has 0 radical (unpaired) electrons. The van der Waals surface area contributed by atoms with E-state index in [-0.39, 0.29) is 0 Å². The third-order valence-corrected chi connectivity index (χ3v) is 6.38. The SMILES string of the molecule is C=C(C)c1ccc2cc(S(=O)(=O)NS(=O)(=O)C(F)(F)F)ccc2c1. The van der Waals surface area contributed by atoms with Gasteiger partial charge >= 0.3 is 15.5 Å². The summed E-state index contributed by atoms with van der Waals surface area (Å²) in [4.78, 5) is -0.592. The van der Waals surface area contributed by atoms with Crippen molar-refractivity contribution in [1.82, 2.24) is 4.13 Å². The first-order chi connectivity index (χ1) is 10.8. The summed E-state index contributed by atoms with van der Waals surface area (Å²) in [5.41, 5.74) is -4.13. The van der Waals surface area contributed by atoms with E-state index in [1.54, 1.807) is 25.1 Å². The number of benzene rings is 2. The van der Waals surface area contributed by atoms with E-state index in [2.05, 4.69) is 6.58 Å². The number of hydrogen-bond acceptors (Lipinski definition) is 4. The van der Waals surface area contributed by atoms with Gasteiger partial charge in [-0.2, -0.15) is 13.2 Å². The molecule has 0 aliphatic heterocycles. The van der Waals surface area contributed by atoms with Crippen molar-refractivity contribution in [2.45, 2.75) is 17.3 Å². The zero-order valence-corrected chi connectivity index (χ0v) is 13.9. The van der Waals surface area contributed by atoms with E-state index in [0.717, 1.165) is 23.3 Å². The van der Waals surface area contributed by atoms with Crippen molar-refractivity contribution in [1.29, 1.82) is 0 Å². The monoisotopic (exact) mass is 379 g/mol. The Labute approximate surface area is 136 Å². The molecule has 0 saturated heterocycles. The molecule has 0 spiro atoms. The van der Waals surface area contributed by atoms with Crippen LogP contribution in [0.5, 0.6) is 0 Å². The molecule has 0 heterocycles. The van der Waals surface area contributed by atoms with Crippen LogP contribution >= 0.6 is 0 Å². The number of alkyl halides is 3. The molecule has 24 heavy (non-hydrogen) atoms. The fourth-order valence-corrected chi connectivity index (χ4v) is 4.34. The van der Waals surface area contributed by atoms with Crippen LogP contribution in [0.15, 0.2) is 47.9 Å². The predicted molar refractivity (Wildman–Crippen MR) is 84.0 cm³/mol. The average molecular weight is 379 g/mol. The number of halogens is 3. The van der Waals surface area contributed by atoms with Gasteiger partial charge in [0.1, 0.15) is 0 Å². The third kappa shape index (κ3) is 3.60. The Balaban J connectivity index is 2.49. The Bertz CT molecular complexity index is 1030. The molecule has 0 unspecified atom stereocenters. The van der Waals surface area contributed by atoms with E-state index in [1.807, 2.05) is 0 Å². The minimum absolute atomic E-state index is 0.423. The van der Waals surface area contributed by atoms with Gasteiger partial charge in [0.25, 0.3) is 10.0 Å². The number of nitrogens with one attached hydrogen (secondary N) is 1. The summed E-state index contributed by atoms with van der Waals surface area (Å²) in [7, 11) is -10.9. The second kappa shape index (κ2) is 5.87. The van der Waals surface area contributed by atoms with Gasteiger partial charge in [0, 0.05) is 0 Å². The molecule has 0 fully saturated rings. The summed E-state index contributed by atoms with van der Waals surface area (Å²) in [5, 5.41) is 1.06. The average Bonchev–Trinajstić information content (AvgIpc) is 2.43. The first-order valence-electron chi connectivity index (χ1n) is 6.38. The molecule has 0 bridgehead atoms. The van der Waals surface area contributed by atoms with Crippen molar-refractivity contribution in [2.24, 2.45) is 0 Å². The minimum Gasteiger partial charge on any atom is -0.206 e. The summed E-state index contributed by atoms with van der Waals surface area (Å²) in [6.45, 7) is 5.56. The molecule has 10 heteroatoms. The molecule has 0 aliphatic carbocycles. The van der Waals surface area contributed by atoms with Gasteiger partial charge in [-0.25, -0.2) is 16.8 Å². The van der Waals surface area contributed by atoms with Crippen LogP contribution in [0.4, 0.5) is 13.2 Å². The third-order valence-electron chi connectivity index (χ3n) is 3.14. The highest BCUT2D eigenvalue weighted by molar-refractivity contribution is 8.05. The normalized spacial score (nSPS) is 13.2. The standard InChI is InChI=1S/C14H12F3NO4S2/c1-9(2)10-3-4-12-8-13(6-5-11(12)7-10)23(19,20)18-24(21,22)14(15,16)17/h3-8,18H,1H2,2H3. The molecule has 0 aromatic heterocycles. The van der Waals surface area contributed by atoms with Gasteiger partial charge in [0.15, 0.2) is 0 Å². The van der Waals surface area contributed by atoms with Gasteiger partial charge in [0.2, 0.25) is 0 Å². The Hall–Kier alpha value is -1.91. The van der Waals surface area contributed by atoms with Crippen LogP contribution in [0.2, 0.25) is 0 Å². The van der Waals surface area contributed by atoms with Crippen molar-refractivity contribution in [3.8, 4) is 0 Å². The van der Waals surface area contributed by atoms with Crippen LogP contribution in [-0.4, -0.2) is 22.3 Å². The van der Waals surface area contributed by atoms with Gasteiger partial charge in [-0.15, -0.1) is 0 Å². The van der Waals surface area contributed by atoms with Crippen molar-refractivity contribution >= 4 is 36.4 Å². The molecule has 0 amide bonds. The lowest BCUT2D eigenvalue weighted by Crippen LogP contribution is -2.40. The molecule has 2 aromatic carbocycles. The van der Waals surface area contributed by atoms with Crippen molar-refractivity contribution in [3.05, 3.63) is 48.5 Å². The molecule has 0 atom stereocenters. The lowest BCUT2D eigenvalue weighted by atomic mass is 10.0. The van der Waals surface area contributed by atoms with Crippen molar-refractivity contribution < 1.29 is 30.0 Å². The maximum Gasteiger partial charge on any atom is 0.512 e. The van der Waals surface area contributed by atoms with Crippen LogP contribution in [0.1, 0.15) is 12.5 Å². The topological polar surface area (TPSA) is 80.3 Å². The maximum atomic E-state index is 12.3. The van der Waals surface area contributed by atoms with E-state index in [0.29, 0.717) is 14.9 Å². The highest BCUT2D eigenvalue weighted by Crippen LogP contribution is 2.26. The summed E-state index contributed by atoms with van der Waals surface area (Å²) in [5.74, 6) is 0. The number of allylic oxidation sites excluding steroid dienone is 1. The van der Waals surface area contributed by atoms with E-state index in [9.17, 15) is 30.0 Å². The Morgan fingerprint density at radius 2 is 1.54 bits per heavy atom. The fraction of sp³-hybridized carbons (Fsp3) is 0.143. The molecule has 0 saturated carbocycles. The van der Waals surface area contributed by atoms with Crippen molar-refractivity contribution in [2.75, 3.05) is 0 Å². The van der Waals surface area contributed by atoms with Gasteiger partial charge in [-0.3, -0.25) is 0 Å². The number of fused-ring (bicyclic) bond motifs is 1. The lowest BCUT2D eigenvalue weighted by molar-refractivity contribution is -0.0441. The fourth-order valence-electron chi connectivity index (χ4n) is 1.90. The van der Waals surface area contributed by atoms with Crippen LogP contribution in [-0.2, 0) is 20.0 Å². The zero-order chi connectivity index (χ0) is 18.3. The number of sulfonamides is 2. The Kier molecular flexibility index (Phi) is 4.51. The van der Waals surface area contributed by atoms with Crippen LogP contribution in [0, 0.1) is 0 Å². The van der Waals surface area contributed by atoms with Gasteiger partial charge in [-0.05, 0) is 41.5 Å². The van der Waals surface area contributed by atoms with Gasteiger partial charge in [-0.1, -0.05) is 34.5 Å². The smallest absolute Gasteiger partial charge is 0.206 e. The lowest BCUT2D eigenvalue weighted by Gasteiger charge is -2.11. The summed E-state index contributed by atoms with van der Waals surface area (Å²) >= 11 is 0. The first kappa shape index (κ1) is 18.4. The summed E-state index contributed by atoms with van der Waals surface area (Å²) < 4.78 is 83.5. The van der Waals surface area contributed by atoms with Gasteiger partial charge in [0.05, 0.1) is 4.90 Å².